The summed E-state index contributed by atoms with van der Waals surface area (Å²) in [4.78, 5) is 29.6. The van der Waals surface area contributed by atoms with Gasteiger partial charge in [-0.15, -0.1) is 0 Å². The van der Waals surface area contributed by atoms with E-state index >= 15 is 0 Å². The number of amides is 1. The van der Waals surface area contributed by atoms with Gasteiger partial charge in [-0.1, -0.05) is 36.7 Å². The number of benzene rings is 1. The molecule has 230 valence electrons. The molecule has 11 heteroatoms. The predicted molar refractivity (Wildman–Crippen MR) is 152 cm³/mol. The minimum Gasteiger partial charge on any atom is -0.595 e. The fourth-order valence-electron chi connectivity index (χ4n) is 8.60. The molecule has 0 heterocycles. The minimum atomic E-state index is -1.70. The van der Waals surface area contributed by atoms with Gasteiger partial charge in [-0.3, -0.25) is 4.79 Å². The molecule has 5 rings (SSSR count). The summed E-state index contributed by atoms with van der Waals surface area (Å²) >= 11 is 0. The number of hydrogen-bond acceptors (Lipinski definition) is 8. The van der Waals surface area contributed by atoms with Gasteiger partial charge in [0, 0.05) is 12.1 Å². The van der Waals surface area contributed by atoms with E-state index in [1.165, 1.54) is 29.8 Å². The van der Waals surface area contributed by atoms with Crippen LogP contribution in [-0.4, -0.2) is 56.4 Å². The lowest BCUT2D eigenvalue weighted by Gasteiger charge is -2.59. The number of carbonyl (C=O) groups is 2. The Morgan fingerprint density at radius 1 is 1.14 bits per heavy atom. The number of carbonyl (C=O) groups excluding carboxylic acids is 1. The minimum absolute atomic E-state index is 0.0142. The molecule has 0 radical (unpaired) electrons. The SMILES string of the molecule is CC12CCC(=NOCC(=O)NC(C(=O)O)C(O)c3cccc([NH+]([O-])O)c3)C=C1CCC1C2CCC2(C)C1CCC2(C)O. The van der Waals surface area contributed by atoms with Crippen molar-refractivity contribution < 1.29 is 40.2 Å². The molecule has 4 aliphatic rings. The number of allylic oxidation sites excluding steroid dienone is 2. The van der Waals surface area contributed by atoms with E-state index in [1.807, 2.05) is 6.92 Å². The number of nitrogens with one attached hydrogen (secondary N) is 2. The van der Waals surface area contributed by atoms with Gasteiger partial charge in [-0.05, 0) is 98.5 Å². The molecule has 1 amide bonds. The van der Waals surface area contributed by atoms with E-state index in [1.54, 1.807) is 0 Å². The molecule has 1 aromatic carbocycles. The normalized spacial score (nSPS) is 37.0. The first-order valence-electron chi connectivity index (χ1n) is 14.9. The van der Waals surface area contributed by atoms with Gasteiger partial charge in [0.1, 0.15) is 6.10 Å². The Labute approximate surface area is 245 Å². The van der Waals surface area contributed by atoms with Gasteiger partial charge >= 0.3 is 5.97 Å². The number of fused-ring (bicyclic) bond motifs is 5. The number of carboxylic acid groups (broad SMARTS) is 1. The average molecular weight is 586 g/mol. The molecule has 3 fully saturated rings. The van der Waals surface area contributed by atoms with Crippen LogP contribution in [0.4, 0.5) is 5.69 Å². The van der Waals surface area contributed by atoms with E-state index in [0.717, 1.165) is 50.7 Å². The van der Waals surface area contributed by atoms with E-state index in [9.17, 15) is 30.1 Å². The first-order valence-corrected chi connectivity index (χ1v) is 14.9. The van der Waals surface area contributed by atoms with Crippen LogP contribution in [0, 0.1) is 33.8 Å². The van der Waals surface area contributed by atoms with Gasteiger partial charge in [0.2, 0.25) is 0 Å². The van der Waals surface area contributed by atoms with Gasteiger partial charge < -0.3 is 30.7 Å². The Morgan fingerprint density at radius 3 is 2.60 bits per heavy atom. The monoisotopic (exact) mass is 585 g/mol. The van der Waals surface area contributed by atoms with Crippen LogP contribution in [0.2, 0.25) is 0 Å². The zero-order valence-corrected chi connectivity index (χ0v) is 24.5. The second-order valence-electron chi connectivity index (χ2n) is 13.4. The molecule has 0 saturated heterocycles. The second-order valence-corrected chi connectivity index (χ2v) is 13.4. The molecular formula is C31H43N3O8. The third-order valence-electron chi connectivity index (χ3n) is 11.3. The number of nitrogens with zero attached hydrogens (tertiary/aromatic N) is 1. The standard InChI is InChI=1S/C31H43N3O8/c1-29-12-9-20(16-19(29)7-8-22-23(29)10-13-30(2)24(22)11-14-31(30,3)39)33-42-17-25(35)32-26(28(37)38)27(36)18-5-4-6-21(15-18)34(40)41/h4-6,15-16,22-24,26-27,34,36,39-40H,7-14,17H2,1-3H3,(H,32,35)(H,37,38). The smallest absolute Gasteiger partial charge is 0.329 e. The van der Waals surface area contributed by atoms with Crippen LogP contribution >= 0.6 is 0 Å². The maximum atomic E-state index is 12.5. The fourth-order valence-corrected chi connectivity index (χ4v) is 8.60. The number of rotatable bonds is 8. The number of aliphatic carboxylic acids is 1. The van der Waals surface area contributed by atoms with Crippen LogP contribution in [0.25, 0.3) is 0 Å². The third-order valence-corrected chi connectivity index (χ3v) is 11.3. The number of quaternary nitrogens is 1. The number of hydrogen-bond donors (Lipinski definition) is 6. The average Bonchev–Trinajstić information content (AvgIpc) is 3.19. The van der Waals surface area contributed by atoms with Crippen LogP contribution in [0.15, 0.2) is 41.1 Å². The lowest BCUT2D eigenvalue weighted by molar-refractivity contribution is -0.991. The molecule has 9 unspecified atom stereocenters. The van der Waals surface area contributed by atoms with E-state index in [4.69, 9.17) is 10.0 Å². The Morgan fingerprint density at radius 2 is 1.88 bits per heavy atom. The van der Waals surface area contributed by atoms with Gasteiger partial charge in [-0.25, -0.2) is 10.0 Å². The van der Waals surface area contributed by atoms with Crippen molar-refractivity contribution >= 4 is 23.3 Å². The summed E-state index contributed by atoms with van der Waals surface area (Å²) in [5, 5.41) is 56.9. The molecule has 1 aromatic rings. The molecule has 4 aliphatic carbocycles. The first-order chi connectivity index (χ1) is 19.8. The van der Waals surface area contributed by atoms with Crippen molar-refractivity contribution in [1.29, 1.82) is 0 Å². The number of oxime groups is 1. The van der Waals surface area contributed by atoms with Crippen LogP contribution in [0.1, 0.15) is 83.8 Å². The van der Waals surface area contributed by atoms with Gasteiger partial charge in [0.25, 0.3) is 5.91 Å². The summed E-state index contributed by atoms with van der Waals surface area (Å²) in [5.74, 6) is -0.503. The molecule has 0 aliphatic heterocycles. The van der Waals surface area contributed by atoms with Crippen molar-refractivity contribution in [2.24, 2.45) is 33.7 Å². The maximum Gasteiger partial charge on any atom is 0.329 e. The van der Waals surface area contributed by atoms with Crippen LogP contribution in [0.5, 0.6) is 0 Å². The summed E-state index contributed by atoms with van der Waals surface area (Å²) in [6, 6.07) is 3.57. The molecular weight excluding hydrogens is 542 g/mol. The molecule has 11 nitrogen and oxygen atoms in total. The fraction of sp³-hybridized carbons (Fsp3) is 0.645. The zero-order valence-electron chi connectivity index (χ0n) is 24.5. The molecule has 0 bridgehead atoms. The van der Waals surface area contributed by atoms with E-state index in [2.05, 4.69) is 30.4 Å². The van der Waals surface area contributed by atoms with Gasteiger partial charge in [0.15, 0.2) is 18.3 Å². The van der Waals surface area contributed by atoms with Gasteiger partial charge in [-0.2, -0.15) is 5.23 Å². The summed E-state index contributed by atoms with van der Waals surface area (Å²) in [7, 11) is 0. The molecule has 42 heavy (non-hydrogen) atoms. The summed E-state index contributed by atoms with van der Waals surface area (Å²) in [6.07, 6.45) is 8.31. The van der Waals surface area contributed by atoms with Crippen molar-refractivity contribution in [3.63, 3.8) is 0 Å². The predicted octanol–water partition coefficient (Wildman–Crippen LogP) is 2.78. The molecule has 3 saturated carbocycles. The Hall–Kier alpha value is -2.83. The zero-order chi connectivity index (χ0) is 30.4. The van der Waals surface area contributed by atoms with Crippen molar-refractivity contribution in [2.75, 3.05) is 6.61 Å². The third kappa shape index (κ3) is 5.37. The topological polar surface area (TPSA) is 176 Å². The Balaban J connectivity index is 1.20. The number of carboxylic acids is 1. The lowest BCUT2D eigenvalue weighted by Crippen LogP contribution is -2.99. The summed E-state index contributed by atoms with van der Waals surface area (Å²) in [5.41, 5.74) is 1.53. The maximum absolute atomic E-state index is 12.5. The van der Waals surface area contributed by atoms with Crippen molar-refractivity contribution in [2.45, 2.75) is 89.9 Å². The van der Waals surface area contributed by atoms with E-state index in [-0.39, 0.29) is 22.1 Å². The quantitative estimate of drug-likeness (QED) is 0.252. The largest absolute Gasteiger partial charge is 0.595 e. The number of aliphatic hydroxyl groups is 2. The Kier molecular flexibility index (Phi) is 8.27. The highest BCUT2D eigenvalue weighted by Gasteiger charge is 2.62. The second kappa shape index (κ2) is 11.3. The lowest BCUT2D eigenvalue weighted by atomic mass is 9.46. The number of aliphatic hydroxyl groups excluding tert-OH is 1. The van der Waals surface area contributed by atoms with Crippen LogP contribution in [0.3, 0.4) is 0 Å². The molecule has 0 spiro atoms. The summed E-state index contributed by atoms with van der Waals surface area (Å²) in [6.45, 7) is 6.17. The highest BCUT2D eigenvalue weighted by molar-refractivity contribution is 5.96. The van der Waals surface area contributed by atoms with Crippen LogP contribution in [-0.2, 0) is 14.4 Å². The van der Waals surface area contributed by atoms with Crippen molar-refractivity contribution in [3.05, 3.63) is 46.7 Å². The highest BCUT2D eigenvalue weighted by Crippen LogP contribution is 2.67. The molecule has 0 aromatic heterocycles. The molecule has 6 N–H and O–H groups in total. The first kappa shape index (κ1) is 30.6. The van der Waals surface area contributed by atoms with E-state index in [0.29, 0.717) is 24.2 Å². The molecule has 9 atom stereocenters. The van der Waals surface area contributed by atoms with Crippen LogP contribution < -0.4 is 10.5 Å². The summed E-state index contributed by atoms with van der Waals surface area (Å²) < 4.78 is 0. The van der Waals surface area contributed by atoms with E-state index < -0.39 is 41.5 Å². The Bertz CT molecular complexity index is 1280. The highest BCUT2D eigenvalue weighted by atomic mass is 16.8. The van der Waals surface area contributed by atoms with Crippen molar-refractivity contribution in [3.8, 4) is 0 Å². The van der Waals surface area contributed by atoms with Crippen molar-refractivity contribution in [1.82, 2.24) is 5.32 Å². The van der Waals surface area contributed by atoms with Gasteiger partial charge in [0.05, 0.1) is 11.3 Å².